The molecule has 1 fully saturated rings. The molecular formula is C13H15ClN2O2S. The highest BCUT2D eigenvalue weighted by molar-refractivity contribution is 7.91. The predicted octanol–water partition coefficient (Wildman–Crippen LogP) is 1.83. The molecule has 6 heteroatoms. The first-order chi connectivity index (χ1) is 9.00. The second-order valence-corrected chi connectivity index (χ2v) is 7.41. The lowest BCUT2D eigenvalue weighted by Gasteiger charge is -2.19. The minimum Gasteiger partial charge on any atom is -0.298 e. The van der Waals surface area contributed by atoms with E-state index in [1.165, 1.54) is 0 Å². The van der Waals surface area contributed by atoms with Gasteiger partial charge in [-0.1, -0.05) is 17.7 Å². The number of nitriles is 1. The third kappa shape index (κ3) is 3.93. The van der Waals surface area contributed by atoms with E-state index in [1.807, 2.05) is 12.1 Å². The van der Waals surface area contributed by atoms with E-state index in [1.54, 1.807) is 12.1 Å². The highest BCUT2D eigenvalue weighted by Crippen LogP contribution is 2.20. The summed E-state index contributed by atoms with van der Waals surface area (Å²) >= 11 is 6.13. The number of hydrogen-bond donors (Lipinski definition) is 0. The number of rotatable bonds is 2. The summed E-state index contributed by atoms with van der Waals surface area (Å²) in [5.41, 5.74) is 1.46. The van der Waals surface area contributed by atoms with Crippen LogP contribution in [0.3, 0.4) is 0 Å². The standard InChI is InChI=1S/C13H15ClN2O2S/c14-13-8-11(9-15)2-3-12(13)10-16-4-1-6-19(17,18)7-5-16/h2-3,8H,1,4-7,10H2. The summed E-state index contributed by atoms with van der Waals surface area (Å²) in [6, 6.07) is 7.25. The van der Waals surface area contributed by atoms with Gasteiger partial charge in [-0.05, 0) is 30.7 Å². The smallest absolute Gasteiger partial charge is 0.151 e. The molecule has 0 bridgehead atoms. The van der Waals surface area contributed by atoms with Crippen molar-refractivity contribution < 1.29 is 8.42 Å². The van der Waals surface area contributed by atoms with Crippen LogP contribution in [0.25, 0.3) is 0 Å². The van der Waals surface area contributed by atoms with Crippen molar-refractivity contribution >= 4 is 21.4 Å². The average Bonchev–Trinajstić information content (AvgIpc) is 2.53. The van der Waals surface area contributed by atoms with Crippen molar-refractivity contribution in [2.45, 2.75) is 13.0 Å². The van der Waals surface area contributed by atoms with E-state index in [0.717, 1.165) is 12.1 Å². The second kappa shape index (κ2) is 5.91. The van der Waals surface area contributed by atoms with E-state index in [4.69, 9.17) is 16.9 Å². The first kappa shape index (κ1) is 14.3. The van der Waals surface area contributed by atoms with Crippen LogP contribution < -0.4 is 0 Å². The number of benzene rings is 1. The molecule has 0 aromatic heterocycles. The Morgan fingerprint density at radius 3 is 2.79 bits per heavy atom. The third-order valence-corrected chi connectivity index (χ3v) is 5.29. The van der Waals surface area contributed by atoms with Crippen LogP contribution in [0.4, 0.5) is 0 Å². The summed E-state index contributed by atoms with van der Waals surface area (Å²) in [5, 5.41) is 9.34. The zero-order valence-electron chi connectivity index (χ0n) is 10.5. The van der Waals surface area contributed by atoms with Gasteiger partial charge in [0.05, 0.1) is 23.1 Å². The van der Waals surface area contributed by atoms with Crippen molar-refractivity contribution in [1.82, 2.24) is 4.90 Å². The summed E-state index contributed by atoms with van der Waals surface area (Å²) in [4.78, 5) is 2.10. The SMILES string of the molecule is N#Cc1ccc(CN2CCCS(=O)(=O)CC2)c(Cl)c1. The van der Waals surface area contributed by atoms with Crippen LogP contribution in [-0.2, 0) is 16.4 Å². The molecule has 19 heavy (non-hydrogen) atoms. The Morgan fingerprint density at radius 2 is 2.11 bits per heavy atom. The summed E-state index contributed by atoms with van der Waals surface area (Å²) < 4.78 is 23.1. The molecule has 0 amide bonds. The normalized spacial score (nSPS) is 19.6. The fourth-order valence-corrected chi connectivity index (χ4v) is 3.68. The Labute approximate surface area is 118 Å². The zero-order chi connectivity index (χ0) is 13.9. The van der Waals surface area contributed by atoms with Crippen LogP contribution in [0.1, 0.15) is 17.5 Å². The molecule has 1 saturated heterocycles. The lowest BCUT2D eigenvalue weighted by molar-refractivity contribution is 0.287. The molecular weight excluding hydrogens is 284 g/mol. The molecule has 0 N–H and O–H groups in total. The van der Waals surface area contributed by atoms with Crippen LogP contribution in [0.2, 0.25) is 5.02 Å². The lowest BCUT2D eigenvalue weighted by atomic mass is 10.1. The van der Waals surface area contributed by atoms with Crippen molar-refractivity contribution in [3.8, 4) is 6.07 Å². The van der Waals surface area contributed by atoms with Crippen LogP contribution in [0.5, 0.6) is 0 Å². The Morgan fingerprint density at radius 1 is 1.32 bits per heavy atom. The molecule has 0 spiro atoms. The van der Waals surface area contributed by atoms with Crippen molar-refractivity contribution in [2.75, 3.05) is 24.6 Å². The fourth-order valence-electron chi connectivity index (χ4n) is 2.13. The molecule has 0 radical (unpaired) electrons. The van der Waals surface area contributed by atoms with Gasteiger partial charge in [-0.3, -0.25) is 4.90 Å². The van der Waals surface area contributed by atoms with Gasteiger partial charge in [0.2, 0.25) is 0 Å². The summed E-state index contributed by atoms with van der Waals surface area (Å²) in [5.74, 6) is 0.478. The molecule has 1 aromatic rings. The molecule has 1 aliphatic heterocycles. The van der Waals surface area contributed by atoms with Gasteiger partial charge in [-0.25, -0.2) is 8.42 Å². The maximum absolute atomic E-state index is 11.5. The third-order valence-electron chi connectivity index (χ3n) is 3.22. The maximum Gasteiger partial charge on any atom is 0.151 e. The number of sulfone groups is 1. The molecule has 1 aromatic carbocycles. The largest absolute Gasteiger partial charge is 0.298 e. The van der Waals surface area contributed by atoms with E-state index in [-0.39, 0.29) is 11.5 Å². The van der Waals surface area contributed by atoms with E-state index in [9.17, 15) is 8.42 Å². The first-order valence-corrected chi connectivity index (χ1v) is 8.31. The average molecular weight is 299 g/mol. The number of nitrogens with zero attached hydrogens (tertiary/aromatic N) is 2. The molecule has 1 aliphatic rings. The van der Waals surface area contributed by atoms with Crippen LogP contribution in [0.15, 0.2) is 18.2 Å². The van der Waals surface area contributed by atoms with Gasteiger partial charge >= 0.3 is 0 Å². The lowest BCUT2D eigenvalue weighted by Crippen LogP contribution is -2.26. The van der Waals surface area contributed by atoms with Crippen molar-refractivity contribution in [1.29, 1.82) is 5.26 Å². The van der Waals surface area contributed by atoms with E-state index < -0.39 is 9.84 Å². The molecule has 102 valence electrons. The molecule has 0 saturated carbocycles. The summed E-state index contributed by atoms with van der Waals surface area (Å²) in [6.45, 7) is 1.92. The quantitative estimate of drug-likeness (QED) is 0.836. The predicted molar refractivity (Wildman–Crippen MR) is 74.7 cm³/mol. The second-order valence-electron chi connectivity index (χ2n) is 4.70. The van der Waals surface area contributed by atoms with Gasteiger partial charge in [0.25, 0.3) is 0 Å². The van der Waals surface area contributed by atoms with Crippen molar-refractivity contribution in [3.63, 3.8) is 0 Å². The van der Waals surface area contributed by atoms with E-state index in [2.05, 4.69) is 4.90 Å². The van der Waals surface area contributed by atoms with Gasteiger partial charge in [-0.15, -0.1) is 0 Å². The van der Waals surface area contributed by atoms with Gasteiger partial charge in [0.1, 0.15) is 0 Å². The molecule has 4 nitrogen and oxygen atoms in total. The topological polar surface area (TPSA) is 61.2 Å². The van der Waals surface area contributed by atoms with Gasteiger partial charge in [-0.2, -0.15) is 5.26 Å². The van der Waals surface area contributed by atoms with Gasteiger partial charge < -0.3 is 0 Å². The number of hydrogen-bond acceptors (Lipinski definition) is 4. The minimum atomic E-state index is -2.88. The minimum absolute atomic E-state index is 0.209. The molecule has 0 unspecified atom stereocenters. The molecule has 0 aliphatic carbocycles. The Balaban J connectivity index is 2.07. The van der Waals surface area contributed by atoms with Crippen LogP contribution in [-0.4, -0.2) is 37.9 Å². The highest BCUT2D eigenvalue weighted by Gasteiger charge is 2.19. The van der Waals surface area contributed by atoms with Gasteiger partial charge in [0.15, 0.2) is 9.84 Å². The Hall–Kier alpha value is -1.09. The van der Waals surface area contributed by atoms with Gasteiger partial charge in [0, 0.05) is 18.1 Å². The fraction of sp³-hybridized carbons (Fsp3) is 0.462. The van der Waals surface area contributed by atoms with Crippen molar-refractivity contribution in [3.05, 3.63) is 34.3 Å². The highest BCUT2D eigenvalue weighted by atomic mass is 35.5. The first-order valence-electron chi connectivity index (χ1n) is 6.11. The summed E-state index contributed by atoms with van der Waals surface area (Å²) in [7, 11) is -2.88. The Bertz CT molecular complexity index is 608. The van der Waals surface area contributed by atoms with Crippen molar-refractivity contribution in [2.24, 2.45) is 0 Å². The zero-order valence-corrected chi connectivity index (χ0v) is 12.0. The van der Waals surface area contributed by atoms with Crippen LogP contribution >= 0.6 is 11.6 Å². The molecule has 1 heterocycles. The molecule has 0 atom stereocenters. The maximum atomic E-state index is 11.5. The molecule has 2 rings (SSSR count). The van der Waals surface area contributed by atoms with Crippen LogP contribution in [0, 0.1) is 11.3 Å². The van der Waals surface area contributed by atoms with E-state index >= 15 is 0 Å². The monoisotopic (exact) mass is 298 g/mol. The van der Waals surface area contributed by atoms with E-state index in [0.29, 0.717) is 30.1 Å². The summed E-state index contributed by atoms with van der Waals surface area (Å²) in [6.07, 6.45) is 0.663. The Kier molecular flexibility index (Phi) is 4.46. The number of halogens is 1.